The Kier molecular flexibility index (Phi) is 3.17. The van der Waals surface area contributed by atoms with Gasteiger partial charge in [-0.15, -0.1) is 0 Å². The number of aromatic nitrogens is 2. The van der Waals surface area contributed by atoms with Crippen molar-refractivity contribution in [1.82, 2.24) is 9.38 Å². The lowest BCUT2D eigenvalue weighted by atomic mass is 9.86. The molecule has 2 aliphatic carbocycles. The van der Waals surface area contributed by atoms with E-state index in [-0.39, 0.29) is 5.97 Å². The number of carbonyl (C=O) groups is 1. The van der Waals surface area contributed by atoms with Gasteiger partial charge in [-0.2, -0.15) is 0 Å². The average molecular weight is 284 g/mol. The van der Waals surface area contributed by atoms with E-state index in [2.05, 4.69) is 4.98 Å². The average Bonchev–Trinajstić information content (AvgIpc) is 3.20. The molecule has 0 N–H and O–H groups in total. The Morgan fingerprint density at radius 2 is 2.29 bits per heavy atom. The summed E-state index contributed by atoms with van der Waals surface area (Å²) in [5.74, 6) is 2.18. The highest BCUT2D eigenvalue weighted by molar-refractivity contribution is 5.69. The molecule has 0 aliphatic heterocycles. The van der Waals surface area contributed by atoms with Gasteiger partial charge in [0.1, 0.15) is 12.3 Å². The van der Waals surface area contributed by atoms with Gasteiger partial charge in [0.2, 0.25) is 0 Å². The van der Waals surface area contributed by atoms with Gasteiger partial charge in [-0.1, -0.05) is 12.5 Å². The van der Waals surface area contributed by atoms with Gasteiger partial charge in [-0.05, 0) is 49.1 Å². The molecule has 110 valence electrons. The van der Waals surface area contributed by atoms with Crippen LogP contribution in [0.25, 0.3) is 5.65 Å². The number of rotatable bonds is 4. The lowest BCUT2D eigenvalue weighted by molar-refractivity contribution is -0.146. The van der Waals surface area contributed by atoms with Crippen molar-refractivity contribution in [2.45, 2.75) is 38.7 Å². The Balaban J connectivity index is 1.36. The molecular weight excluding hydrogens is 264 g/mol. The monoisotopic (exact) mass is 284 g/mol. The summed E-state index contributed by atoms with van der Waals surface area (Å²) < 4.78 is 7.45. The first-order valence-electron chi connectivity index (χ1n) is 7.86. The molecule has 2 heterocycles. The number of imidazole rings is 1. The molecule has 4 nitrogen and oxygen atoms in total. The molecule has 2 aliphatic rings. The van der Waals surface area contributed by atoms with Gasteiger partial charge in [-0.3, -0.25) is 4.79 Å². The standard InChI is InChI=1S/C17H20N2O2/c20-17(10-14-9-12-4-5-13(14)8-12)21-11-15-2-1-3-16-18-6-7-19(15)16/h1-3,6-7,12-14H,4-5,8-11H2/t12-,13-,14-/m0/s1. The third kappa shape index (κ3) is 2.43. The molecule has 2 aromatic heterocycles. The fourth-order valence-electron chi connectivity index (χ4n) is 4.18. The molecule has 4 rings (SSSR count). The molecule has 4 heteroatoms. The van der Waals surface area contributed by atoms with Crippen molar-refractivity contribution in [1.29, 1.82) is 0 Å². The number of nitrogens with zero attached hydrogens (tertiary/aromatic N) is 2. The lowest BCUT2D eigenvalue weighted by Crippen LogP contribution is -2.17. The van der Waals surface area contributed by atoms with E-state index in [0.29, 0.717) is 18.9 Å². The molecule has 3 atom stereocenters. The predicted molar refractivity (Wildman–Crippen MR) is 78.5 cm³/mol. The van der Waals surface area contributed by atoms with Crippen LogP contribution in [-0.4, -0.2) is 15.4 Å². The van der Waals surface area contributed by atoms with Gasteiger partial charge in [-0.25, -0.2) is 4.98 Å². The number of pyridine rings is 1. The molecule has 0 spiro atoms. The van der Waals surface area contributed by atoms with Gasteiger partial charge in [0.05, 0.1) is 5.69 Å². The van der Waals surface area contributed by atoms with Crippen LogP contribution in [0.5, 0.6) is 0 Å². The van der Waals surface area contributed by atoms with Gasteiger partial charge in [0.15, 0.2) is 0 Å². The minimum absolute atomic E-state index is 0.0512. The minimum Gasteiger partial charge on any atom is -0.459 e. The highest BCUT2D eigenvalue weighted by Crippen LogP contribution is 2.49. The van der Waals surface area contributed by atoms with Gasteiger partial charge in [0, 0.05) is 18.8 Å². The zero-order valence-electron chi connectivity index (χ0n) is 12.1. The molecule has 2 fully saturated rings. The van der Waals surface area contributed by atoms with Crippen molar-refractivity contribution in [2.24, 2.45) is 17.8 Å². The SMILES string of the molecule is O=C(C[C@@H]1C[C@H]2CC[C@H]1C2)OCc1cccc2nccn12. The molecule has 2 aromatic rings. The summed E-state index contributed by atoms with van der Waals surface area (Å²) in [7, 11) is 0. The number of hydrogen-bond acceptors (Lipinski definition) is 3. The maximum Gasteiger partial charge on any atom is 0.306 e. The summed E-state index contributed by atoms with van der Waals surface area (Å²) >= 11 is 0. The number of carbonyl (C=O) groups excluding carboxylic acids is 1. The molecule has 0 saturated heterocycles. The highest BCUT2D eigenvalue weighted by atomic mass is 16.5. The van der Waals surface area contributed by atoms with E-state index in [0.717, 1.165) is 23.2 Å². The number of esters is 1. The molecule has 0 aromatic carbocycles. The quantitative estimate of drug-likeness (QED) is 0.810. The second-order valence-electron chi connectivity index (χ2n) is 6.47. The van der Waals surface area contributed by atoms with Crippen molar-refractivity contribution in [3.8, 4) is 0 Å². The van der Waals surface area contributed by atoms with E-state index in [1.54, 1.807) is 6.20 Å². The molecule has 21 heavy (non-hydrogen) atoms. The molecule has 2 saturated carbocycles. The van der Waals surface area contributed by atoms with Crippen LogP contribution in [0.4, 0.5) is 0 Å². The number of hydrogen-bond donors (Lipinski definition) is 0. The zero-order chi connectivity index (χ0) is 14.2. The maximum atomic E-state index is 12.1. The van der Waals surface area contributed by atoms with Gasteiger partial charge < -0.3 is 9.14 Å². The van der Waals surface area contributed by atoms with Crippen LogP contribution in [0.15, 0.2) is 30.6 Å². The second-order valence-corrected chi connectivity index (χ2v) is 6.47. The summed E-state index contributed by atoms with van der Waals surface area (Å²) in [4.78, 5) is 16.3. The van der Waals surface area contributed by atoms with Crippen LogP contribution in [0.1, 0.15) is 37.8 Å². The molecule has 2 bridgehead atoms. The third-order valence-corrected chi connectivity index (χ3v) is 5.21. The Bertz CT molecular complexity index is 664. The first-order valence-corrected chi connectivity index (χ1v) is 7.86. The highest BCUT2D eigenvalue weighted by Gasteiger charge is 2.40. The molecule has 0 radical (unpaired) electrons. The molecular formula is C17H20N2O2. The van der Waals surface area contributed by atoms with Crippen LogP contribution < -0.4 is 0 Å². The molecule has 0 amide bonds. The Labute approximate surface area is 124 Å². The van der Waals surface area contributed by atoms with Crippen LogP contribution in [0.2, 0.25) is 0 Å². The van der Waals surface area contributed by atoms with Gasteiger partial charge in [0.25, 0.3) is 0 Å². The largest absolute Gasteiger partial charge is 0.459 e. The van der Waals surface area contributed by atoms with E-state index < -0.39 is 0 Å². The van der Waals surface area contributed by atoms with Crippen molar-refractivity contribution < 1.29 is 9.53 Å². The van der Waals surface area contributed by atoms with E-state index >= 15 is 0 Å². The normalized spacial score (nSPS) is 27.3. The fourth-order valence-corrected chi connectivity index (χ4v) is 4.18. The zero-order valence-corrected chi connectivity index (χ0v) is 12.1. The molecule has 0 unspecified atom stereocenters. The van der Waals surface area contributed by atoms with E-state index in [1.807, 2.05) is 28.8 Å². The maximum absolute atomic E-state index is 12.1. The first kappa shape index (κ1) is 12.9. The Morgan fingerprint density at radius 3 is 3.10 bits per heavy atom. The Morgan fingerprint density at radius 1 is 1.33 bits per heavy atom. The number of ether oxygens (including phenoxy) is 1. The summed E-state index contributed by atoms with van der Waals surface area (Å²) in [5.41, 5.74) is 1.85. The van der Waals surface area contributed by atoms with Crippen LogP contribution in [-0.2, 0) is 16.1 Å². The predicted octanol–water partition coefficient (Wildman–Crippen LogP) is 3.20. The second kappa shape index (κ2) is 5.17. The summed E-state index contributed by atoms with van der Waals surface area (Å²) in [6.45, 7) is 0.327. The minimum atomic E-state index is -0.0512. The van der Waals surface area contributed by atoms with E-state index in [9.17, 15) is 4.79 Å². The number of fused-ring (bicyclic) bond motifs is 3. The third-order valence-electron chi connectivity index (χ3n) is 5.21. The van der Waals surface area contributed by atoms with Crippen molar-refractivity contribution in [3.05, 3.63) is 36.3 Å². The van der Waals surface area contributed by atoms with Crippen molar-refractivity contribution in [3.63, 3.8) is 0 Å². The summed E-state index contributed by atoms with van der Waals surface area (Å²) in [6.07, 6.45) is 9.52. The van der Waals surface area contributed by atoms with E-state index in [4.69, 9.17) is 4.74 Å². The Hall–Kier alpha value is -1.84. The summed E-state index contributed by atoms with van der Waals surface area (Å²) in [6, 6.07) is 5.86. The van der Waals surface area contributed by atoms with E-state index in [1.165, 1.54) is 25.7 Å². The van der Waals surface area contributed by atoms with Crippen molar-refractivity contribution in [2.75, 3.05) is 0 Å². The van der Waals surface area contributed by atoms with Crippen LogP contribution in [0, 0.1) is 17.8 Å². The van der Waals surface area contributed by atoms with Crippen LogP contribution >= 0.6 is 0 Å². The lowest BCUT2D eigenvalue weighted by Gasteiger charge is -2.20. The summed E-state index contributed by atoms with van der Waals surface area (Å²) in [5, 5.41) is 0. The first-order chi connectivity index (χ1) is 10.3. The smallest absolute Gasteiger partial charge is 0.306 e. The van der Waals surface area contributed by atoms with Gasteiger partial charge >= 0.3 is 5.97 Å². The van der Waals surface area contributed by atoms with Crippen LogP contribution in [0.3, 0.4) is 0 Å². The van der Waals surface area contributed by atoms with Crippen molar-refractivity contribution >= 4 is 11.6 Å². The topological polar surface area (TPSA) is 43.6 Å². The fraction of sp³-hybridized carbons (Fsp3) is 0.529.